The Labute approximate surface area is 136 Å². The van der Waals surface area contributed by atoms with Crippen molar-refractivity contribution in [3.63, 3.8) is 0 Å². The molecular weight excluding hydrogens is 317 g/mol. The maximum absolute atomic E-state index is 14.2. The van der Waals surface area contributed by atoms with E-state index >= 15 is 0 Å². The molecule has 1 atom stereocenters. The summed E-state index contributed by atoms with van der Waals surface area (Å²) in [4.78, 5) is 2.16. The second-order valence-corrected chi connectivity index (χ2v) is 6.15. The number of rotatable bonds is 4. The molecule has 0 unspecified atom stereocenters. The highest BCUT2D eigenvalue weighted by Crippen LogP contribution is 2.33. The second-order valence-electron chi connectivity index (χ2n) is 5.71. The molecule has 0 aromatic heterocycles. The molecule has 1 aliphatic rings. The maximum atomic E-state index is 14.2. The van der Waals surface area contributed by atoms with Crippen molar-refractivity contribution in [3.8, 4) is 0 Å². The van der Waals surface area contributed by atoms with E-state index in [1.807, 2.05) is 0 Å². The third-order valence-electron chi connectivity index (χ3n) is 3.66. The molecule has 1 saturated heterocycles. The number of benzene rings is 1. The summed E-state index contributed by atoms with van der Waals surface area (Å²) < 4.78 is 28.4. The quantitative estimate of drug-likeness (QED) is 0.891. The first-order chi connectivity index (χ1) is 9.49. The van der Waals surface area contributed by atoms with Crippen molar-refractivity contribution < 1.29 is 8.78 Å². The second kappa shape index (κ2) is 8.28. The van der Waals surface area contributed by atoms with E-state index in [2.05, 4.69) is 24.1 Å². The zero-order valence-electron chi connectivity index (χ0n) is 12.3. The largest absolute Gasteiger partial charge is 0.314 e. The molecule has 1 N–H and O–H groups in total. The van der Waals surface area contributed by atoms with Crippen LogP contribution in [0, 0.1) is 17.6 Å². The predicted octanol–water partition coefficient (Wildman–Crippen LogP) is 4.03. The van der Waals surface area contributed by atoms with Crippen molar-refractivity contribution in [2.45, 2.75) is 26.3 Å². The van der Waals surface area contributed by atoms with Gasteiger partial charge in [0.05, 0.1) is 0 Å². The van der Waals surface area contributed by atoms with Crippen molar-refractivity contribution in [2.24, 2.45) is 5.92 Å². The molecule has 21 heavy (non-hydrogen) atoms. The summed E-state index contributed by atoms with van der Waals surface area (Å²) in [6, 6.07) is 2.18. The summed E-state index contributed by atoms with van der Waals surface area (Å²) in [7, 11) is 0. The maximum Gasteiger partial charge on any atom is 0.132 e. The monoisotopic (exact) mass is 338 g/mol. The van der Waals surface area contributed by atoms with Gasteiger partial charge < -0.3 is 5.32 Å². The van der Waals surface area contributed by atoms with Gasteiger partial charge in [-0.25, -0.2) is 8.78 Å². The highest BCUT2D eigenvalue weighted by molar-refractivity contribution is 6.30. The van der Waals surface area contributed by atoms with Crippen molar-refractivity contribution in [1.29, 1.82) is 0 Å². The third kappa shape index (κ3) is 4.78. The molecule has 0 saturated carbocycles. The molecule has 2 rings (SSSR count). The summed E-state index contributed by atoms with van der Waals surface area (Å²) in [5, 5.41) is 3.37. The topological polar surface area (TPSA) is 15.3 Å². The fourth-order valence-electron chi connectivity index (χ4n) is 2.76. The van der Waals surface area contributed by atoms with Crippen LogP contribution in [-0.4, -0.2) is 31.1 Å². The van der Waals surface area contributed by atoms with Crippen LogP contribution >= 0.6 is 24.0 Å². The Morgan fingerprint density at radius 1 is 1.19 bits per heavy atom. The van der Waals surface area contributed by atoms with Gasteiger partial charge in [-0.15, -0.1) is 12.4 Å². The van der Waals surface area contributed by atoms with Gasteiger partial charge in [0.15, 0.2) is 0 Å². The van der Waals surface area contributed by atoms with Crippen molar-refractivity contribution in [2.75, 3.05) is 26.2 Å². The van der Waals surface area contributed by atoms with Crippen molar-refractivity contribution >= 4 is 24.0 Å². The van der Waals surface area contributed by atoms with Crippen molar-refractivity contribution in [1.82, 2.24) is 10.2 Å². The smallest absolute Gasteiger partial charge is 0.132 e. The van der Waals surface area contributed by atoms with Gasteiger partial charge >= 0.3 is 0 Å². The molecule has 1 fully saturated rings. The van der Waals surface area contributed by atoms with Gasteiger partial charge in [0.2, 0.25) is 0 Å². The number of hydrogen-bond donors (Lipinski definition) is 1. The number of hydrogen-bond acceptors (Lipinski definition) is 2. The van der Waals surface area contributed by atoms with Crippen LogP contribution < -0.4 is 5.32 Å². The lowest BCUT2D eigenvalue weighted by Crippen LogP contribution is -2.45. The van der Waals surface area contributed by atoms with E-state index in [0.29, 0.717) is 5.92 Å². The molecule has 1 aromatic rings. The normalized spacial score (nSPS) is 17.6. The molecule has 1 aliphatic heterocycles. The van der Waals surface area contributed by atoms with Gasteiger partial charge in [-0.3, -0.25) is 4.90 Å². The average molecular weight is 339 g/mol. The minimum atomic E-state index is -0.542. The Morgan fingerprint density at radius 2 is 1.71 bits per heavy atom. The molecule has 0 radical (unpaired) electrons. The fourth-order valence-corrected chi connectivity index (χ4v) is 2.95. The van der Waals surface area contributed by atoms with Gasteiger partial charge in [-0.2, -0.15) is 0 Å². The van der Waals surface area contributed by atoms with Crippen molar-refractivity contribution in [3.05, 3.63) is 34.4 Å². The summed E-state index contributed by atoms with van der Waals surface area (Å²) in [6.07, 6.45) is 0.732. The number of halogens is 4. The summed E-state index contributed by atoms with van der Waals surface area (Å²) in [5.41, 5.74) is 0.157. The molecule has 2 nitrogen and oxygen atoms in total. The zero-order chi connectivity index (χ0) is 14.7. The average Bonchev–Trinajstić information content (AvgIpc) is 2.37. The highest BCUT2D eigenvalue weighted by Gasteiger charge is 2.28. The molecule has 0 amide bonds. The highest BCUT2D eigenvalue weighted by atomic mass is 35.5. The van der Waals surface area contributed by atoms with Gasteiger partial charge in [-0.05, 0) is 24.5 Å². The first-order valence-corrected chi connectivity index (χ1v) is 7.46. The van der Waals surface area contributed by atoms with E-state index in [-0.39, 0.29) is 29.0 Å². The Bertz CT molecular complexity index is 440. The number of nitrogens with zero attached hydrogens (tertiary/aromatic N) is 1. The van der Waals surface area contributed by atoms with E-state index in [9.17, 15) is 8.78 Å². The van der Waals surface area contributed by atoms with E-state index in [1.54, 1.807) is 0 Å². The van der Waals surface area contributed by atoms with Crippen LogP contribution in [0.15, 0.2) is 12.1 Å². The van der Waals surface area contributed by atoms with Gasteiger partial charge in [-0.1, -0.05) is 25.4 Å². The Kier molecular flexibility index (Phi) is 7.34. The SMILES string of the molecule is CC(C)C[C@H](c1c(F)cc(Cl)cc1F)N1CCNCC1.Cl. The van der Waals surface area contributed by atoms with Crippen LogP contribution in [0.1, 0.15) is 31.9 Å². The van der Waals surface area contributed by atoms with Crippen LogP contribution in [-0.2, 0) is 0 Å². The third-order valence-corrected chi connectivity index (χ3v) is 3.88. The number of nitrogens with one attached hydrogen (secondary N) is 1. The lowest BCUT2D eigenvalue weighted by molar-refractivity contribution is 0.147. The molecule has 0 bridgehead atoms. The van der Waals surface area contributed by atoms with E-state index in [0.717, 1.165) is 32.6 Å². The molecule has 1 heterocycles. The molecule has 0 aliphatic carbocycles. The lowest BCUT2D eigenvalue weighted by atomic mass is 9.94. The molecule has 0 spiro atoms. The molecule has 6 heteroatoms. The summed E-state index contributed by atoms with van der Waals surface area (Å²) in [6.45, 7) is 7.45. The van der Waals surface area contributed by atoms with Crippen LogP contribution in [0.3, 0.4) is 0 Å². The van der Waals surface area contributed by atoms with Gasteiger partial charge in [0.25, 0.3) is 0 Å². The summed E-state index contributed by atoms with van der Waals surface area (Å²) in [5.74, 6) is -0.720. The molecular formula is C15H22Cl2F2N2. The first-order valence-electron chi connectivity index (χ1n) is 7.08. The Balaban J connectivity index is 0.00000220. The first kappa shape index (κ1) is 18.6. The molecule has 120 valence electrons. The standard InChI is InChI=1S/C15H21ClF2N2.ClH/c1-10(2)7-14(20-5-3-19-4-6-20)15-12(17)8-11(16)9-13(15)18;/h8-10,14,19H,3-7H2,1-2H3;1H/t14-;/m1./s1. The van der Waals surface area contributed by atoms with E-state index in [4.69, 9.17) is 11.6 Å². The van der Waals surface area contributed by atoms with Crippen LogP contribution in [0.25, 0.3) is 0 Å². The van der Waals surface area contributed by atoms with E-state index < -0.39 is 11.6 Å². The minimum Gasteiger partial charge on any atom is -0.314 e. The van der Waals surface area contributed by atoms with Crippen LogP contribution in [0.4, 0.5) is 8.78 Å². The van der Waals surface area contributed by atoms with Gasteiger partial charge in [0.1, 0.15) is 11.6 Å². The van der Waals surface area contributed by atoms with E-state index in [1.165, 1.54) is 12.1 Å². The minimum absolute atomic E-state index is 0. The molecule has 1 aromatic carbocycles. The fraction of sp³-hybridized carbons (Fsp3) is 0.600. The number of piperazine rings is 1. The Morgan fingerprint density at radius 3 is 2.19 bits per heavy atom. The summed E-state index contributed by atoms with van der Waals surface area (Å²) >= 11 is 5.71. The van der Waals surface area contributed by atoms with Crippen LogP contribution in [0.5, 0.6) is 0 Å². The Hall–Kier alpha value is -0.420. The predicted molar refractivity (Wildman–Crippen MR) is 85.3 cm³/mol. The lowest BCUT2D eigenvalue weighted by Gasteiger charge is -2.36. The van der Waals surface area contributed by atoms with Gasteiger partial charge in [0, 0.05) is 42.8 Å². The van der Waals surface area contributed by atoms with Crippen LogP contribution in [0.2, 0.25) is 5.02 Å². The zero-order valence-corrected chi connectivity index (χ0v) is 13.9.